The molecule has 0 radical (unpaired) electrons. The van der Waals surface area contributed by atoms with Crippen LogP contribution < -0.4 is 4.74 Å². The Morgan fingerprint density at radius 2 is 2.07 bits per heavy atom. The highest BCUT2D eigenvalue weighted by atomic mass is 35.5. The molecule has 0 aliphatic carbocycles. The van der Waals surface area contributed by atoms with Crippen LogP contribution in [0.3, 0.4) is 0 Å². The third-order valence-corrected chi connectivity index (χ3v) is 6.09. The normalized spacial score (nSPS) is 19.1. The number of hydrogen-bond donors (Lipinski definition) is 1. The number of aryl methyl sites for hydroxylation is 1. The topological polar surface area (TPSA) is 31.5 Å². The van der Waals surface area contributed by atoms with Crippen molar-refractivity contribution in [1.29, 1.82) is 0 Å². The van der Waals surface area contributed by atoms with Crippen LogP contribution in [-0.2, 0) is 6.54 Å². The predicted molar refractivity (Wildman–Crippen MR) is 104 cm³/mol. The van der Waals surface area contributed by atoms with Crippen molar-refractivity contribution in [2.45, 2.75) is 26.1 Å². The Balaban J connectivity index is 1.48. The Morgan fingerprint density at radius 1 is 1.32 bits per heavy atom. The van der Waals surface area contributed by atoms with Crippen molar-refractivity contribution >= 4 is 22.5 Å². The molecule has 0 atom stereocenters. The number of hydrogen-bond acceptors (Lipinski definition) is 3. The first-order chi connectivity index (χ1) is 13.3. The first kappa shape index (κ1) is 19.5. The summed E-state index contributed by atoms with van der Waals surface area (Å²) in [6.07, 6.45) is 0.508. The van der Waals surface area contributed by atoms with Crippen molar-refractivity contribution in [3.8, 4) is 5.75 Å². The Hall–Kier alpha value is -1.86. The molecule has 4 rings (SSSR count). The zero-order valence-electron chi connectivity index (χ0n) is 15.9. The minimum Gasteiger partial charge on any atom is -0.496 e. The van der Waals surface area contributed by atoms with Gasteiger partial charge in [-0.25, -0.2) is 0 Å². The van der Waals surface area contributed by atoms with Gasteiger partial charge in [0, 0.05) is 55.6 Å². The molecule has 2 aliphatic rings. The van der Waals surface area contributed by atoms with Crippen molar-refractivity contribution in [3.63, 3.8) is 0 Å². The Kier molecular flexibility index (Phi) is 5.00. The van der Waals surface area contributed by atoms with Crippen molar-refractivity contribution in [3.05, 3.63) is 40.2 Å². The van der Waals surface area contributed by atoms with Gasteiger partial charge >= 0.3 is 6.18 Å². The lowest BCUT2D eigenvalue weighted by molar-refractivity contribution is -0.205. The number of halogens is 4. The average Bonchev–Trinajstić information content (AvgIpc) is 2.98. The molecule has 1 aromatic heterocycles. The van der Waals surface area contributed by atoms with Crippen LogP contribution in [0.15, 0.2) is 24.0 Å². The zero-order chi connectivity index (χ0) is 20.1. The van der Waals surface area contributed by atoms with Crippen LogP contribution in [0.5, 0.6) is 5.75 Å². The Morgan fingerprint density at radius 3 is 2.68 bits per heavy atom. The third kappa shape index (κ3) is 3.46. The van der Waals surface area contributed by atoms with Crippen LogP contribution in [-0.4, -0.2) is 54.2 Å². The minimum atomic E-state index is -4.08. The largest absolute Gasteiger partial charge is 0.496 e. The predicted octanol–water partition coefficient (Wildman–Crippen LogP) is 4.72. The van der Waals surface area contributed by atoms with Gasteiger partial charge in [0.1, 0.15) is 5.75 Å². The molecule has 152 valence electrons. The highest BCUT2D eigenvalue weighted by Gasteiger charge is 2.47. The fourth-order valence-corrected chi connectivity index (χ4v) is 4.36. The number of aromatic nitrogens is 1. The number of methoxy groups -OCH3 is 1. The molecule has 1 fully saturated rings. The van der Waals surface area contributed by atoms with E-state index in [2.05, 4.69) is 9.88 Å². The highest BCUT2D eigenvalue weighted by Crippen LogP contribution is 2.38. The van der Waals surface area contributed by atoms with E-state index in [0.29, 0.717) is 18.1 Å². The molecular formula is C20H23ClF3N3O. The SMILES string of the molecule is COc1cc(C)c2[nH]cc(Cl)c2c1CN1CC=C(N2CC(C(F)(F)F)C2)CC1. The van der Waals surface area contributed by atoms with E-state index in [1.807, 2.05) is 24.0 Å². The average molecular weight is 414 g/mol. The number of aromatic amines is 1. The second-order valence-electron chi connectivity index (χ2n) is 7.58. The maximum atomic E-state index is 12.7. The van der Waals surface area contributed by atoms with Gasteiger partial charge in [-0.05, 0) is 25.0 Å². The molecule has 4 nitrogen and oxygen atoms in total. The summed E-state index contributed by atoms with van der Waals surface area (Å²) in [5.41, 5.74) is 4.14. The monoisotopic (exact) mass is 413 g/mol. The summed E-state index contributed by atoms with van der Waals surface area (Å²) in [4.78, 5) is 7.34. The summed E-state index contributed by atoms with van der Waals surface area (Å²) in [5.74, 6) is -0.385. The van der Waals surface area contributed by atoms with Crippen LogP contribution in [0, 0.1) is 12.8 Å². The summed E-state index contributed by atoms with van der Waals surface area (Å²) < 4.78 is 43.7. The summed E-state index contributed by atoms with van der Waals surface area (Å²) in [5, 5.41) is 1.64. The number of H-pyrrole nitrogens is 1. The summed E-state index contributed by atoms with van der Waals surface area (Å²) in [6.45, 7) is 4.34. The van der Waals surface area contributed by atoms with Crippen LogP contribution in [0.2, 0.25) is 5.02 Å². The van der Waals surface area contributed by atoms with Crippen LogP contribution in [0.4, 0.5) is 13.2 Å². The molecule has 0 bridgehead atoms. The van der Waals surface area contributed by atoms with Crippen LogP contribution >= 0.6 is 11.6 Å². The van der Waals surface area contributed by atoms with E-state index in [-0.39, 0.29) is 13.1 Å². The number of nitrogens with zero attached hydrogens (tertiary/aromatic N) is 2. The molecule has 0 saturated carbocycles. The quantitative estimate of drug-likeness (QED) is 0.786. The van der Waals surface area contributed by atoms with E-state index in [1.165, 1.54) is 0 Å². The number of ether oxygens (including phenoxy) is 1. The van der Waals surface area contributed by atoms with Crippen molar-refractivity contribution in [2.75, 3.05) is 33.3 Å². The highest BCUT2D eigenvalue weighted by molar-refractivity contribution is 6.36. The number of nitrogens with one attached hydrogen (secondary N) is 1. The lowest BCUT2D eigenvalue weighted by Crippen LogP contribution is -2.53. The number of alkyl halides is 3. The summed E-state index contributed by atoms with van der Waals surface area (Å²) in [7, 11) is 1.65. The van der Waals surface area contributed by atoms with Gasteiger partial charge in [-0.1, -0.05) is 17.7 Å². The van der Waals surface area contributed by atoms with Crippen molar-refractivity contribution < 1.29 is 17.9 Å². The molecule has 2 aromatic rings. The van der Waals surface area contributed by atoms with Gasteiger partial charge in [0.2, 0.25) is 0 Å². The van der Waals surface area contributed by atoms with E-state index in [0.717, 1.165) is 46.4 Å². The van der Waals surface area contributed by atoms with E-state index in [9.17, 15) is 13.2 Å². The maximum absolute atomic E-state index is 12.7. The molecule has 1 saturated heterocycles. The molecule has 0 unspecified atom stereocenters. The summed E-state index contributed by atoms with van der Waals surface area (Å²) in [6, 6.07) is 2.01. The molecule has 28 heavy (non-hydrogen) atoms. The van der Waals surface area contributed by atoms with Gasteiger partial charge in [0.25, 0.3) is 0 Å². The smallest absolute Gasteiger partial charge is 0.395 e. The van der Waals surface area contributed by atoms with Gasteiger partial charge in [-0.3, -0.25) is 4.90 Å². The fourth-order valence-electron chi connectivity index (χ4n) is 4.10. The minimum absolute atomic E-state index is 0.0840. The van der Waals surface area contributed by atoms with E-state index in [4.69, 9.17) is 16.3 Å². The molecule has 8 heteroatoms. The fraction of sp³-hybridized carbons (Fsp3) is 0.500. The van der Waals surface area contributed by atoms with Gasteiger partial charge < -0.3 is 14.6 Å². The van der Waals surface area contributed by atoms with E-state index < -0.39 is 12.1 Å². The first-order valence-electron chi connectivity index (χ1n) is 9.34. The van der Waals surface area contributed by atoms with Gasteiger partial charge in [-0.2, -0.15) is 13.2 Å². The molecule has 2 aliphatic heterocycles. The van der Waals surface area contributed by atoms with E-state index >= 15 is 0 Å². The molecule has 1 N–H and O–H groups in total. The molecular weight excluding hydrogens is 391 g/mol. The maximum Gasteiger partial charge on any atom is 0.395 e. The van der Waals surface area contributed by atoms with Gasteiger partial charge in [0.05, 0.1) is 23.6 Å². The number of benzene rings is 1. The molecule has 0 spiro atoms. The Labute approximate surface area is 166 Å². The van der Waals surface area contributed by atoms with Crippen LogP contribution in [0.25, 0.3) is 10.9 Å². The molecule has 0 amide bonds. The third-order valence-electron chi connectivity index (χ3n) is 5.79. The number of fused-ring (bicyclic) bond motifs is 1. The Bertz CT molecular complexity index is 916. The lowest BCUT2D eigenvalue weighted by atomic mass is 9.97. The first-order valence-corrected chi connectivity index (χ1v) is 9.71. The van der Waals surface area contributed by atoms with Crippen molar-refractivity contribution in [1.82, 2.24) is 14.8 Å². The molecule has 1 aromatic carbocycles. The van der Waals surface area contributed by atoms with E-state index in [1.54, 1.807) is 13.3 Å². The van der Waals surface area contributed by atoms with Crippen molar-refractivity contribution in [2.24, 2.45) is 5.92 Å². The number of likely N-dealkylation sites (tertiary alicyclic amines) is 1. The van der Waals surface area contributed by atoms with Gasteiger partial charge in [-0.15, -0.1) is 0 Å². The molecule has 3 heterocycles. The second kappa shape index (κ2) is 7.19. The second-order valence-corrected chi connectivity index (χ2v) is 7.99. The zero-order valence-corrected chi connectivity index (χ0v) is 16.6. The lowest BCUT2D eigenvalue weighted by Gasteiger charge is -2.44. The summed E-state index contributed by atoms with van der Waals surface area (Å²) >= 11 is 6.42. The van der Waals surface area contributed by atoms with Crippen LogP contribution in [0.1, 0.15) is 17.5 Å². The standard InChI is InChI=1S/C20H23ClF3N3O/c1-12-7-17(28-2)15(18-16(21)8-25-19(12)18)11-26-5-3-14(4-6-26)27-9-13(10-27)20(22,23)24/h3,7-8,13,25H,4-6,9-11H2,1-2H3. The number of rotatable bonds is 4. The van der Waals surface area contributed by atoms with Gasteiger partial charge in [0.15, 0.2) is 0 Å².